The fraction of sp³-hybridized carbons (Fsp3) is 0.588. The minimum absolute atomic E-state index is 0. The van der Waals surface area contributed by atoms with E-state index in [9.17, 15) is 4.79 Å². The molecule has 1 aromatic carbocycles. The number of carbonyl (C=O) groups excluding carboxylic acids is 1. The molecule has 0 spiro atoms. The number of nitrogens with one attached hydrogen (secondary N) is 2. The number of hydrogen-bond acceptors (Lipinski definition) is 3. The molecule has 5 heteroatoms. The number of hydrogen-bond donors (Lipinski definition) is 2. The van der Waals surface area contributed by atoms with Gasteiger partial charge < -0.3 is 15.4 Å². The highest BCUT2D eigenvalue weighted by atomic mass is 35.5. The summed E-state index contributed by atoms with van der Waals surface area (Å²) in [5.41, 5.74) is 0.948. The summed E-state index contributed by atoms with van der Waals surface area (Å²) in [6.07, 6.45) is 4.65. The fourth-order valence-electron chi connectivity index (χ4n) is 3.79. The quantitative estimate of drug-likeness (QED) is 0.894. The third kappa shape index (κ3) is 3.23. The highest BCUT2D eigenvalue weighted by Gasteiger charge is 2.49. The van der Waals surface area contributed by atoms with Gasteiger partial charge in [-0.2, -0.15) is 0 Å². The topological polar surface area (TPSA) is 50.4 Å². The summed E-state index contributed by atoms with van der Waals surface area (Å²) >= 11 is 0. The molecule has 1 saturated carbocycles. The lowest BCUT2D eigenvalue weighted by Gasteiger charge is -2.37. The zero-order valence-corrected chi connectivity index (χ0v) is 13.9. The predicted octanol–water partition coefficient (Wildman–Crippen LogP) is 2.51. The average molecular weight is 325 g/mol. The number of fused-ring (bicyclic) bond motifs is 1. The van der Waals surface area contributed by atoms with E-state index in [4.69, 9.17) is 4.74 Å². The van der Waals surface area contributed by atoms with Crippen molar-refractivity contribution in [1.82, 2.24) is 10.6 Å². The minimum atomic E-state index is -0.162. The van der Waals surface area contributed by atoms with Crippen LogP contribution in [0.15, 0.2) is 24.3 Å². The third-order valence-electron chi connectivity index (χ3n) is 5.10. The van der Waals surface area contributed by atoms with Crippen LogP contribution in [-0.4, -0.2) is 26.1 Å². The standard InChI is InChI=1S/C17H24N2O2.ClH/c1-21-15-7-5-13(6-8-15)10-19-16(20)17-9-3-2-4-14(17)11-18-12-17;/h5-8,14,18H,2-4,9-12H2,1H3,(H,19,20);1H/t14-,17+;/m0./s1. The van der Waals surface area contributed by atoms with E-state index in [1.807, 2.05) is 24.3 Å². The Bertz CT molecular complexity index is 506. The van der Waals surface area contributed by atoms with Crippen molar-refractivity contribution in [3.63, 3.8) is 0 Å². The van der Waals surface area contributed by atoms with Gasteiger partial charge in [-0.05, 0) is 43.0 Å². The van der Waals surface area contributed by atoms with Crippen molar-refractivity contribution in [2.24, 2.45) is 11.3 Å². The van der Waals surface area contributed by atoms with E-state index in [-0.39, 0.29) is 23.7 Å². The maximum absolute atomic E-state index is 12.7. The summed E-state index contributed by atoms with van der Waals surface area (Å²) in [4.78, 5) is 12.7. The van der Waals surface area contributed by atoms with Gasteiger partial charge in [-0.25, -0.2) is 0 Å². The first-order chi connectivity index (χ1) is 10.2. The Kier molecular flexibility index (Phi) is 5.70. The molecule has 22 heavy (non-hydrogen) atoms. The summed E-state index contributed by atoms with van der Waals surface area (Å²) in [6.45, 7) is 2.43. The van der Waals surface area contributed by atoms with Crippen LogP contribution in [0, 0.1) is 11.3 Å². The fourth-order valence-corrected chi connectivity index (χ4v) is 3.79. The summed E-state index contributed by atoms with van der Waals surface area (Å²) < 4.78 is 5.15. The first-order valence-corrected chi connectivity index (χ1v) is 7.86. The van der Waals surface area contributed by atoms with Gasteiger partial charge in [0, 0.05) is 13.1 Å². The molecule has 2 aliphatic rings. The predicted molar refractivity (Wildman–Crippen MR) is 89.3 cm³/mol. The lowest BCUT2D eigenvalue weighted by molar-refractivity contribution is -0.134. The van der Waals surface area contributed by atoms with Crippen LogP contribution in [0.25, 0.3) is 0 Å². The molecule has 2 fully saturated rings. The van der Waals surface area contributed by atoms with Crippen LogP contribution >= 0.6 is 12.4 Å². The molecular weight excluding hydrogens is 300 g/mol. The molecular formula is C17H25ClN2O2. The van der Waals surface area contributed by atoms with Gasteiger partial charge in [-0.1, -0.05) is 25.0 Å². The van der Waals surface area contributed by atoms with Gasteiger partial charge in [0.2, 0.25) is 5.91 Å². The van der Waals surface area contributed by atoms with Crippen molar-refractivity contribution >= 4 is 18.3 Å². The van der Waals surface area contributed by atoms with Crippen molar-refractivity contribution in [3.05, 3.63) is 29.8 Å². The highest BCUT2D eigenvalue weighted by Crippen LogP contribution is 2.43. The van der Waals surface area contributed by atoms with Gasteiger partial charge in [0.25, 0.3) is 0 Å². The van der Waals surface area contributed by atoms with Crippen molar-refractivity contribution in [3.8, 4) is 5.75 Å². The van der Waals surface area contributed by atoms with Crippen molar-refractivity contribution in [2.45, 2.75) is 32.2 Å². The van der Waals surface area contributed by atoms with Crippen LogP contribution < -0.4 is 15.4 Å². The zero-order valence-electron chi connectivity index (χ0n) is 13.1. The van der Waals surface area contributed by atoms with E-state index in [0.29, 0.717) is 12.5 Å². The molecule has 0 unspecified atom stereocenters. The smallest absolute Gasteiger partial charge is 0.228 e. The molecule has 0 aromatic heterocycles. The number of amides is 1. The summed E-state index contributed by atoms with van der Waals surface area (Å²) in [6, 6.07) is 7.87. The van der Waals surface area contributed by atoms with Crippen LogP contribution in [0.1, 0.15) is 31.2 Å². The van der Waals surface area contributed by atoms with Crippen LogP contribution in [0.3, 0.4) is 0 Å². The van der Waals surface area contributed by atoms with E-state index in [1.165, 1.54) is 19.3 Å². The third-order valence-corrected chi connectivity index (χ3v) is 5.10. The number of halogens is 1. The molecule has 1 amide bonds. The van der Waals surface area contributed by atoms with Crippen molar-refractivity contribution in [2.75, 3.05) is 20.2 Å². The summed E-state index contributed by atoms with van der Waals surface area (Å²) in [5.74, 6) is 1.59. The first-order valence-electron chi connectivity index (χ1n) is 7.86. The van der Waals surface area contributed by atoms with Gasteiger partial charge in [0.05, 0.1) is 12.5 Å². The molecule has 1 aliphatic carbocycles. The van der Waals surface area contributed by atoms with E-state index in [1.54, 1.807) is 7.11 Å². The van der Waals surface area contributed by atoms with Crippen LogP contribution in [-0.2, 0) is 11.3 Å². The maximum Gasteiger partial charge on any atom is 0.228 e. The van der Waals surface area contributed by atoms with Crippen molar-refractivity contribution in [1.29, 1.82) is 0 Å². The lowest BCUT2D eigenvalue weighted by Crippen LogP contribution is -2.47. The molecule has 1 saturated heterocycles. The lowest BCUT2D eigenvalue weighted by atomic mass is 9.67. The number of methoxy groups -OCH3 is 1. The Morgan fingerprint density at radius 2 is 2.14 bits per heavy atom. The number of benzene rings is 1. The number of rotatable bonds is 4. The van der Waals surface area contributed by atoms with Crippen LogP contribution in [0.5, 0.6) is 5.75 Å². The zero-order chi connectivity index (χ0) is 14.7. The van der Waals surface area contributed by atoms with Crippen molar-refractivity contribution < 1.29 is 9.53 Å². The van der Waals surface area contributed by atoms with E-state index < -0.39 is 0 Å². The number of carbonyl (C=O) groups is 1. The van der Waals surface area contributed by atoms with Gasteiger partial charge in [0.1, 0.15) is 5.75 Å². The average Bonchev–Trinajstić information content (AvgIpc) is 2.98. The molecule has 1 heterocycles. The van der Waals surface area contributed by atoms with Gasteiger partial charge in [-0.15, -0.1) is 12.4 Å². The Morgan fingerprint density at radius 3 is 2.86 bits per heavy atom. The Morgan fingerprint density at radius 1 is 1.36 bits per heavy atom. The molecule has 2 N–H and O–H groups in total. The second-order valence-electron chi connectivity index (χ2n) is 6.26. The Balaban J connectivity index is 0.00000176. The van der Waals surface area contributed by atoms with E-state index >= 15 is 0 Å². The van der Waals surface area contributed by atoms with E-state index in [0.717, 1.165) is 30.8 Å². The molecule has 3 rings (SSSR count). The Labute approximate surface area is 138 Å². The monoisotopic (exact) mass is 324 g/mol. The molecule has 0 radical (unpaired) electrons. The van der Waals surface area contributed by atoms with E-state index in [2.05, 4.69) is 10.6 Å². The minimum Gasteiger partial charge on any atom is -0.497 e. The SMILES string of the molecule is COc1ccc(CNC(=O)[C@@]23CCCC[C@H]2CNC3)cc1.Cl. The second kappa shape index (κ2) is 7.34. The van der Waals surface area contributed by atoms with Gasteiger partial charge in [-0.3, -0.25) is 4.79 Å². The summed E-state index contributed by atoms with van der Waals surface area (Å²) in [7, 11) is 1.66. The van der Waals surface area contributed by atoms with Gasteiger partial charge in [0.15, 0.2) is 0 Å². The Hall–Kier alpha value is -1.26. The molecule has 1 aromatic rings. The van der Waals surface area contributed by atoms with Crippen LogP contribution in [0.4, 0.5) is 0 Å². The largest absolute Gasteiger partial charge is 0.497 e. The molecule has 2 atom stereocenters. The number of ether oxygens (including phenoxy) is 1. The van der Waals surface area contributed by atoms with Gasteiger partial charge >= 0.3 is 0 Å². The summed E-state index contributed by atoms with van der Waals surface area (Å²) in [5, 5.41) is 6.57. The second-order valence-corrected chi connectivity index (χ2v) is 6.26. The normalized spacial score (nSPS) is 26.7. The van der Waals surface area contributed by atoms with Crippen LogP contribution in [0.2, 0.25) is 0 Å². The molecule has 1 aliphatic heterocycles. The highest BCUT2D eigenvalue weighted by molar-refractivity contribution is 5.85. The molecule has 122 valence electrons. The first kappa shape index (κ1) is 17.1. The maximum atomic E-state index is 12.7. The molecule has 4 nitrogen and oxygen atoms in total. The molecule has 0 bridgehead atoms.